The third kappa shape index (κ3) is 16.3. The Hall–Kier alpha value is -4.38. The van der Waals surface area contributed by atoms with Crippen LogP contribution in [-0.4, -0.2) is 168 Å². The summed E-state index contributed by atoms with van der Waals surface area (Å²) in [5, 5.41) is 45.8. The maximum Gasteiger partial charge on any atom is 0.317 e. The van der Waals surface area contributed by atoms with E-state index in [0.29, 0.717) is 24.2 Å². The fourth-order valence-corrected chi connectivity index (χ4v) is 6.64. The molecule has 2 amide bonds. The van der Waals surface area contributed by atoms with E-state index in [-0.39, 0.29) is 90.1 Å². The van der Waals surface area contributed by atoms with E-state index in [1.165, 1.54) is 0 Å². The van der Waals surface area contributed by atoms with E-state index in [9.17, 15) is 47.7 Å². The number of carbonyl (C=O) groups is 5. The summed E-state index contributed by atoms with van der Waals surface area (Å²) in [4.78, 5) is 68.5. The Bertz CT molecular complexity index is 1610. The third-order valence-corrected chi connectivity index (χ3v) is 10.0. The van der Waals surface area contributed by atoms with Crippen LogP contribution in [0.2, 0.25) is 0 Å². The molecule has 2 aliphatic rings. The zero-order valence-electron chi connectivity index (χ0n) is 28.5. The van der Waals surface area contributed by atoms with E-state index < -0.39 is 50.1 Å². The normalized spacial score (nSPS) is 18.4. The highest BCUT2D eigenvalue weighted by atomic mass is 32.2. The summed E-state index contributed by atoms with van der Waals surface area (Å²) in [7, 11) is -4.16. The topological polar surface area (TPSA) is 269 Å². The van der Waals surface area contributed by atoms with Crippen LogP contribution in [0.4, 0.5) is 5.13 Å². The first kappa shape index (κ1) is 42.0. The molecule has 1 unspecified atom stereocenters. The van der Waals surface area contributed by atoms with Crippen molar-refractivity contribution < 1.29 is 47.7 Å². The van der Waals surface area contributed by atoms with Crippen LogP contribution in [0.3, 0.4) is 0 Å². The minimum atomic E-state index is -4.16. The lowest BCUT2D eigenvalue weighted by molar-refractivity contribution is -0.140. The number of nitrogens with zero attached hydrogens (tertiary/aromatic N) is 6. The summed E-state index contributed by atoms with van der Waals surface area (Å²) in [6.07, 6.45) is 14.5. The van der Waals surface area contributed by atoms with E-state index in [1.807, 2.05) is 42.5 Å². The summed E-state index contributed by atoms with van der Waals surface area (Å²) in [6, 6.07) is -1.14. The molecule has 1 atom stereocenters. The van der Waals surface area contributed by atoms with Crippen LogP contribution in [0, 0.1) is 0 Å². The predicted octanol–water partition coefficient (Wildman–Crippen LogP) is -1.14. The van der Waals surface area contributed by atoms with Gasteiger partial charge in [-0.15, -0.1) is 10.2 Å². The molecule has 3 rings (SSSR count). The number of hydrogen-bond donors (Lipinski definition) is 6. The van der Waals surface area contributed by atoms with Crippen LogP contribution in [-0.2, 0) is 34.0 Å². The molecule has 7 N–H and O–H groups in total. The highest BCUT2D eigenvalue weighted by Crippen LogP contribution is 2.20. The second-order valence-electron chi connectivity index (χ2n) is 12.1. The Balaban J connectivity index is 1.82. The standard InChI is InChI=1S/C31H45N9O10S2/c32-52(49,50)31-36-35-30(51-31)34-29(48)24(18-23-8-6-4-2-1-3-5-7-9-23)33-25(41)19-37-10-12-38(20-26(42)43)14-16-40(22-28(46)47)17-15-39(13-11-37)21-27(44)45/h1-2,4-7,9,24H,3,8,10-22H2,(H,33,41)(H,42,43)(H,44,45)(H,46,47)(H2,32,49,50)(H,34,35,48). The number of carboxylic acid groups (broad SMARTS) is 3. The molecule has 19 nitrogen and oxygen atoms in total. The molecule has 52 heavy (non-hydrogen) atoms. The number of aromatic nitrogens is 2. The van der Waals surface area contributed by atoms with Gasteiger partial charge < -0.3 is 20.6 Å². The molecule has 0 spiro atoms. The van der Waals surface area contributed by atoms with Crippen molar-refractivity contribution in [1.82, 2.24) is 35.1 Å². The Morgan fingerprint density at radius 1 is 0.750 bits per heavy atom. The lowest BCUT2D eigenvalue weighted by Crippen LogP contribution is -2.51. The van der Waals surface area contributed by atoms with Crippen LogP contribution >= 0.6 is 11.3 Å². The number of primary sulfonamides is 1. The van der Waals surface area contributed by atoms with E-state index in [2.05, 4.69) is 20.8 Å². The first-order valence-electron chi connectivity index (χ1n) is 16.4. The molecule has 0 radical (unpaired) electrons. The van der Waals surface area contributed by atoms with Crippen molar-refractivity contribution >= 4 is 56.2 Å². The molecule has 1 aromatic rings. The van der Waals surface area contributed by atoms with Crippen molar-refractivity contribution in [3.8, 4) is 0 Å². The molecular weight excluding hydrogens is 723 g/mol. The summed E-state index contributed by atoms with van der Waals surface area (Å²) in [5.74, 6) is -4.46. The fourth-order valence-electron chi connectivity index (χ4n) is 5.30. The molecular formula is C31H45N9O10S2. The van der Waals surface area contributed by atoms with E-state index >= 15 is 0 Å². The number of rotatable bonds is 14. The van der Waals surface area contributed by atoms with Crippen molar-refractivity contribution in [3.05, 3.63) is 48.1 Å². The number of allylic oxidation sites excluding steroid dienone is 7. The Kier molecular flexibility index (Phi) is 17.2. The van der Waals surface area contributed by atoms with E-state index in [4.69, 9.17) is 5.14 Å². The van der Waals surface area contributed by atoms with Crippen molar-refractivity contribution in [3.63, 3.8) is 0 Å². The monoisotopic (exact) mass is 767 g/mol. The molecule has 0 bridgehead atoms. The van der Waals surface area contributed by atoms with Crippen molar-refractivity contribution in [1.29, 1.82) is 0 Å². The number of aliphatic carboxylic acids is 3. The largest absolute Gasteiger partial charge is 0.480 e. The zero-order chi connectivity index (χ0) is 38.1. The molecule has 21 heteroatoms. The molecule has 1 aromatic heterocycles. The number of nitrogens with one attached hydrogen (secondary N) is 2. The third-order valence-electron chi connectivity index (χ3n) is 7.88. The van der Waals surface area contributed by atoms with Crippen molar-refractivity contribution in [2.75, 3.05) is 83.9 Å². The van der Waals surface area contributed by atoms with Gasteiger partial charge in [-0.3, -0.25) is 48.9 Å². The number of carboxylic acids is 3. The fraction of sp³-hybridized carbons (Fsp3) is 0.516. The summed E-state index contributed by atoms with van der Waals surface area (Å²) < 4.78 is 22.9. The van der Waals surface area contributed by atoms with Gasteiger partial charge in [0.25, 0.3) is 10.0 Å². The van der Waals surface area contributed by atoms with Gasteiger partial charge in [-0.05, 0) is 19.3 Å². The average molecular weight is 768 g/mol. The van der Waals surface area contributed by atoms with Gasteiger partial charge in [0.05, 0.1) is 26.2 Å². The highest BCUT2D eigenvalue weighted by Gasteiger charge is 2.26. The molecule has 1 aliphatic carbocycles. The van der Waals surface area contributed by atoms with Gasteiger partial charge in [0.15, 0.2) is 0 Å². The number of carbonyl (C=O) groups excluding carboxylic acids is 2. The average Bonchev–Trinajstić information content (AvgIpc) is 3.53. The Morgan fingerprint density at radius 3 is 1.71 bits per heavy atom. The number of hydrogen-bond acceptors (Lipinski definition) is 14. The lowest BCUT2D eigenvalue weighted by Gasteiger charge is -2.33. The molecule has 1 fully saturated rings. The minimum Gasteiger partial charge on any atom is -0.480 e. The quantitative estimate of drug-likeness (QED) is 0.122. The maximum atomic E-state index is 13.6. The van der Waals surface area contributed by atoms with Gasteiger partial charge in [-0.25, -0.2) is 13.6 Å². The molecule has 1 saturated heterocycles. The number of nitrogens with two attached hydrogens (primary N) is 1. The van der Waals surface area contributed by atoms with Crippen LogP contribution in [0.25, 0.3) is 0 Å². The number of anilines is 1. The second-order valence-corrected chi connectivity index (χ2v) is 14.8. The smallest absolute Gasteiger partial charge is 0.317 e. The molecule has 286 valence electrons. The van der Waals surface area contributed by atoms with Gasteiger partial charge in [0.1, 0.15) is 6.04 Å². The minimum absolute atomic E-state index is 0.0858. The van der Waals surface area contributed by atoms with Crippen LogP contribution < -0.4 is 15.8 Å². The first-order chi connectivity index (χ1) is 24.7. The van der Waals surface area contributed by atoms with Crippen LogP contribution in [0.5, 0.6) is 0 Å². The molecule has 0 aromatic carbocycles. The summed E-state index contributed by atoms with van der Waals surface area (Å²) in [5.41, 5.74) is 0.808. The summed E-state index contributed by atoms with van der Waals surface area (Å²) in [6.45, 7) is 0.523. The molecule has 1 aliphatic heterocycles. The molecule has 0 saturated carbocycles. The molecule has 2 heterocycles. The number of sulfonamides is 1. The van der Waals surface area contributed by atoms with Crippen LogP contribution in [0.15, 0.2) is 52.4 Å². The second kappa shape index (κ2) is 21.2. The summed E-state index contributed by atoms with van der Waals surface area (Å²) >= 11 is 0.555. The highest BCUT2D eigenvalue weighted by molar-refractivity contribution is 7.91. The van der Waals surface area contributed by atoms with Gasteiger partial charge in [0.2, 0.25) is 21.3 Å². The van der Waals surface area contributed by atoms with E-state index in [1.54, 1.807) is 19.6 Å². The Morgan fingerprint density at radius 2 is 1.23 bits per heavy atom. The van der Waals surface area contributed by atoms with Gasteiger partial charge in [-0.1, -0.05) is 59.4 Å². The Labute approximate surface area is 305 Å². The van der Waals surface area contributed by atoms with Gasteiger partial charge in [0, 0.05) is 52.4 Å². The lowest BCUT2D eigenvalue weighted by atomic mass is 10.0. The van der Waals surface area contributed by atoms with Gasteiger partial charge in [-0.2, -0.15) is 0 Å². The van der Waals surface area contributed by atoms with Crippen LogP contribution in [0.1, 0.15) is 19.3 Å². The SMILES string of the molecule is NS(=O)(=O)c1nnc(NC(=O)C(CC2=CC=CCC=CC=CC2)NC(=O)CN2CCN(CC(=O)O)CCN(CC(=O)O)CCN(CC(=O)O)CC2)s1. The zero-order valence-corrected chi connectivity index (χ0v) is 30.1. The van der Waals surface area contributed by atoms with E-state index in [0.717, 1.165) is 5.57 Å². The predicted molar refractivity (Wildman–Crippen MR) is 190 cm³/mol. The number of amides is 2. The first-order valence-corrected chi connectivity index (χ1v) is 18.7. The van der Waals surface area contributed by atoms with Gasteiger partial charge >= 0.3 is 17.9 Å². The van der Waals surface area contributed by atoms with Crippen molar-refractivity contribution in [2.24, 2.45) is 5.14 Å². The maximum absolute atomic E-state index is 13.6. The van der Waals surface area contributed by atoms with Crippen molar-refractivity contribution in [2.45, 2.75) is 29.6 Å².